The summed E-state index contributed by atoms with van der Waals surface area (Å²) in [6.45, 7) is 6.99. The van der Waals surface area contributed by atoms with Gasteiger partial charge in [-0.15, -0.1) is 11.8 Å². The van der Waals surface area contributed by atoms with Gasteiger partial charge in [0.1, 0.15) is 0 Å². The van der Waals surface area contributed by atoms with Gasteiger partial charge in [0.05, 0.1) is 0 Å². The summed E-state index contributed by atoms with van der Waals surface area (Å²) in [6.07, 6.45) is 0.674. The molecule has 4 heteroatoms. The molecule has 0 aliphatic heterocycles. The average Bonchev–Trinajstić information content (AvgIpc) is 2.39. The molecule has 1 atom stereocenters. The van der Waals surface area contributed by atoms with E-state index in [0.29, 0.717) is 6.42 Å². The van der Waals surface area contributed by atoms with Crippen molar-refractivity contribution in [1.29, 1.82) is 0 Å². The molecule has 0 heterocycles. The van der Waals surface area contributed by atoms with Crippen LogP contribution in [0.3, 0.4) is 0 Å². The molecule has 0 radical (unpaired) electrons. The van der Waals surface area contributed by atoms with E-state index >= 15 is 0 Å². The van der Waals surface area contributed by atoms with E-state index in [4.69, 9.17) is 9.47 Å². The van der Waals surface area contributed by atoms with Gasteiger partial charge in [-0.25, -0.2) is 0 Å². The first-order valence-corrected chi connectivity index (χ1v) is 6.20. The SMILES string of the molecule is CC#CCOC(=O)C(C(=O)OCC#CC)C(C)CC. The molecule has 0 rings (SSSR count). The van der Waals surface area contributed by atoms with E-state index in [1.54, 1.807) is 13.8 Å². The highest BCUT2D eigenvalue weighted by Crippen LogP contribution is 2.18. The average molecular weight is 264 g/mol. The topological polar surface area (TPSA) is 52.6 Å². The quantitative estimate of drug-likeness (QED) is 0.417. The second-order valence-corrected chi connectivity index (χ2v) is 3.93. The van der Waals surface area contributed by atoms with Crippen LogP contribution in [0.25, 0.3) is 0 Å². The first-order chi connectivity index (χ1) is 9.08. The number of hydrogen-bond acceptors (Lipinski definition) is 4. The van der Waals surface area contributed by atoms with Gasteiger partial charge in [-0.05, 0) is 19.8 Å². The van der Waals surface area contributed by atoms with Crippen LogP contribution in [-0.4, -0.2) is 25.2 Å². The van der Waals surface area contributed by atoms with Crippen LogP contribution in [0.4, 0.5) is 0 Å². The lowest BCUT2D eigenvalue weighted by molar-refractivity contribution is -0.163. The number of ether oxygens (including phenoxy) is 2. The molecule has 0 saturated carbocycles. The van der Waals surface area contributed by atoms with Gasteiger partial charge in [-0.3, -0.25) is 9.59 Å². The highest BCUT2D eigenvalue weighted by Gasteiger charge is 2.34. The summed E-state index contributed by atoms with van der Waals surface area (Å²) in [5.74, 6) is 8.21. The zero-order chi connectivity index (χ0) is 14.7. The fourth-order valence-electron chi connectivity index (χ4n) is 1.33. The summed E-state index contributed by atoms with van der Waals surface area (Å²) in [6, 6.07) is 0. The number of hydrogen-bond donors (Lipinski definition) is 0. The van der Waals surface area contributed by atoms with Crippen molar-refractivity contribution >= 4 is 11.9 Å². The fraction of sp³-hybridized carbons (Fsp3) is 0.600. The molecule has 19 heavy (non-hydrogen) atoms. The molecule has 0 aromatic rings. The molecule has 0 spiro atoms. The van der Waals surface area contributed by atoms with Crippen LogP contribution in [-0.2, 0) is 19.1 Å². The zero-order valence-corrected chi connectivity index (χ0v) is 11.9. The van der Waals surface area contributed by atoms with E-state index in [-0.39, 0.29) is 19.1 Å². The number of carbonyl (C=O) groups is 2. The number of esters is 2. The van der Waals surface area contributed by atoms with E-state index in [1.807, 2.05) is 13.8 Å². The third kappa shape index (κ3) is 6.52. The maximum absolute atomic E-state index is 11.9. The van der Waals surface area contributed by atoms with Gasteiger partial charge in [0.2, 0.25) is 0 Å². The molecule has 104 valence electrons. The molecule has 1 unspecified atom stereocenters. The third-order valence-corrected chi connectivity index (χ3v) is 2.65. The standard InChI is InChI=1S/C15H20O4/c1-5-8-10-18-14(16)13(12(4)7-3)15(17)19-11-9-6-2/h12-13H,7,10-11H2,1-4H3. The van der Waals surface area contributed by atoms with Gasteiger partial charge in [0.25, 0.3) is 0 Å². The van der Waals surface area contributed by atoms with Crippen molar-refractivity contribution in [2.24, 2.45) is 11.8 Å². The molecule has 0 bridgehead atoms. The molecule has 0 saturated heterocycles. The molecule has 0 aliphatic carbocycles. The predicted octanol–water partition coefficient (Wildman–Crippen LogP) is 1.78. The number of rotatable bonds is 6. The summed E-state index contributed by atoms with van der Waals surface area (Å²) in [5.41, 5.74) is 0. The molecular weight excluding hydrogens is 244 g/mol. The Balaban J connectivity index is 4.66. The summed E-state index contributed by atoms with van der Waals surface area (Å²) in [5, 5.41) is 0. The molecule has 0 aromatic heterocycles. The van der Waals surface area contributed by atoms with Gasteiger partial charge < -0.3 is 9.47 Å². The van der Waals surface area contributed by atoms with Crippen LogP contribution in [0.15, 0.2) is 0 Å². The Labute approximate surface area is 114 Å². The van der Waals surface area contributed by atoms with Crippen LogP contribution in [0, 0.1) is 35.5 Å². The maximum atomic E-state index is 11.9. The lowest BCUT2D eigenvalue weighted by Gasteiger charge is -2.18. The van der Waals surface area contributed by atoms with Gasteiger partial charge in [-0.1, -0.05) is 32.1 Å². The van der Waals surface area contributed by atoms with Crippen molar-refractivity contribution in [2.75, 3.05) is 13.2 Å². The van der Waals surface area contributed by atoms with Crippen LogP contribution in [0.5, 0.6) is 0 Å². The largest absolute Gasteiger partial charge is 0.452 e. The molecule has 0 fully saturated rings. The molecule has 0 aliphatic rings. The van der Waals surface area contributed by atoms with Crippen molar-refractivity contribution < 1.29 is 19.1 Å². The van der Waals surface area contributed by atoms with E-state index in [2.05, 4.69) is 23.7 Å². The van der Waals surface area contributed by atoms with Crippen LogP contribution in [0.1, 0.15) is 34.1 Å². The predicted molar refractivity (Wildman–Crippen MR) is 71.8 cm³/mol. The van der Waals surface area contributed by atoms with Gasteiger partial charge >= 0.3 is 11.9 Å². The maximum Gasteiger partial charge on any atom is 0.321 e. The Kier molecular flexibility index (Phi) is 9.00. The third-order valence-electron chi connectivity index (χ3n) is 2.65. The smallest absolute Gasteiger partial charge is 0.321 e. The highest BCUT2D eigenvalue weighted by molar-refractivity contribution is 5.95. The summed E-state index contributed by atoms with van der Waals surface area (Å²) in [4.78, 5) is 23.7. The van der Waals surface area contributed by atoms with E-state index in [9.17, 15) is 9.59 Å². The second-order valence-electron chi connectivity index (χ2n) is 3.93. The van der Waals surface area contributed by atoms with Gasteiger partial charge in [0.15, 0.2) is 19.1 Å². The Bertz CT molecular complexity index is 381. The first-order valence-electron chi connectivity index (χ1n) is 6.20. The van der Waals surface area contributed by atoms with Crippen LogP contribution in [0.2, 0.25) is 0 Å². The lowest BCUT2D eigenvalue weighted by atomic mass is 9.92. The normalized spacial score (nSPS) is 10.6. The minimum Gasteiger partial charge on any atom is -0.452 e. The van der Waals surface area contributed by atoms with Crippen LogP contribution < -0.4 is 0 Å². The van der Waals surface area contributed by atoms with Crippen molar-refractivity contribution in [3.8, 4) is 23.7 Å². The molecule has 0 N–H and O–H groups in total. The first kappa shape index (κ1) is 17.1. The summed E-state index contributed by atoms with van der Waals surface area (Å²) >= 11 is 0. The minimum absolute atomic E-state index is 0.00961. The van der Waals surface area contributed by atoms with E-state index in [1.165, 1.54) is 0 Å². The van der Waals surface area contributed by atoms with Gasteiger partial charge in [-0.2, -0.15) is 0 Å². The minimum atomic E-state index is -0.915. The molecule has 0 amide bonds. The Morgan fingerprint density at radius 3 is 1.74 bits per heavy atom. The Morgan fingerprint density at radius 1 is 1.00 bits per heavy atom. The summed E-state index contributed by atoms with van der Waals surface area (Å²) < 4.78 is 9.89. The fourth-order valence-corrected chi connectivity index (χ4v) is 1.33. The van der Waals surface area contributed by atoms with Crippen molar-refractivity contribution in [3.63, 3.8) is 0 Å². The van der Waals surface area contributed by atoms with Crippen LogP contribution >= 0.6 is 0 Å². The van der Waals surface area contributed by atoms with E-state index < -0.39 is 17.9 Å². The Morgan fingerprint density at radius 2 is 1.42 bits per heavy atom. The Hall–Kier alpha value is -1.94. The number of carbonyl (C=O) groups excluding carboxylic acids is 2. The summed E-state index contributed by atoms with van der Waals surface area (Å²) in [7, 11) is 0. The lowest BCUT2D eigenvalue weighted by Crippen LogP contribution is -2.33. The highest BCUT2D eigenvalue weighted by atomic mass is 16.6. The van der Waals surface area contributed by atoms with Crippen molar-refractivity contribution in [2.45, 2.75) is 34.1 Å². The molecule has 4 nitrogen and oxygen atoms in total. The van der Waals surface area contributed by atoms with E-state index in [0.717, 1.165) is 0 Å². The van der Waals surface area contributed by atoms with Crippen molar-refractivity contribution in [3.05, 3.63) is 0 Å². The van der Waals surface area contributed by atoms with Gasteiger partial charge in [0, 0.05) is 0 Å². The molecule has 0 aromatic carbocycles. The molecular formula is C15H20O4. The second kappa shape index (κ2) is 10.0. The van der Waals surface area contributed by atoms with Crippen molar-refractivity contribution in [1.82, 2.24) is 0 Å². The monoisotopic (exact) mass is 264 g/mol. The zero-order valence-electron chi connectivity index (χ0n) is 11.9.